The summed E-state index contributed by atoms with van der Waals surface area (Å²) in [5.41, 5.74) is 5.94. The van der Waals surface area contributed by atoms with E-state index in [0.717, 1.165) is 17.8 Å². The number of carbonyl (C=O) groups excluding carboxylic acids is 1. The molecule has 3 N–H and O–H groups in total. The molecule has 0 unspecified atom stereocenters. The summed E-state index contributed by atoms with van der Waals surface area (Å²) >= 11 is 6.76. The molecule has 0 spiro atoms. The first-order valence-corrected chi connectivity index (χ1v) is 7.25. The molecule has 0 saturated carbocycles. The number of hydrogen-bond donors (Lipinski definition) is 2. The highest BCUT2D eigenvalue weighted by Gasteiger charge is 2.09. The monoisotopic (exact) mass is 328 g/mol. The number of anilines is 2. The van der Waals surface area contributed by atoms with Crippen LogP contribution in [0.5, 0.6) is 0 Å². The third kappa shape index (κ3) is 4.34. The Balaban J connectivity index is 1.96. The number of hydrogen-bond acceptors (Lipinski definition) is 3. The van der Waals surface area contributed by atoms with E-state index >= 15 is 0 Å². The van der Waals surface area contributed by atoms with E-state index in [1.54, 1.807) is 0 Å². The van der Waals surface area contributed by atoms with Crippen molar-refractivity contribution in [1.29, 1.82) is 0 Å². The zero-order valence-electron chi connectivity index (χ0n) is 10.7. The molecule has 2 aromatic carbocycles. The smallest absolute Gasteiger partial charge is 0.234 e. The van der Waals surface area contributed by atoms with E-state index in [2.05, 4.69) is 5.32 Å². The summed E-state index contributed by atoms with van der Waals surface area (Å²) in [6.45, 7) is 0. The summed E-state index contributed by atoms with van der Waals surface area (Å²) in [4.78, 5) is 12.3. The van der Waals surface area contributed by atoms with Gasteiger partial charge in [-0.1, -0.05) is 11.6 Å². The van der Waals surface area contributed by atoms with E-state index in [1.807, 2.05) is 0 Å². The van der Waals surface area contributed by atoms with Crippen molar-refractivity contribution in [3.8, 4) is 0 Å². The van der Waals surface area contributed by atoms with E-state index in [4.69, 9.17) is 17.3 Å². The van der Waals surface area contributed by atoms with E-state index in [-0.39, 0.29) is 22.2 Å². The molecule has 0 saturated heterocycles. The van der Waals surface area contributed by atoms with Gasteiger partial charge in [-0.2, -0.15) is 0 Å². The van der Waals surface area contributed by atoms with E-state index in [1.165, 1.54) is 30.3 Å². The second kappa shape index (κ2) is 6.78. The minimum Gasteiger partial charge on any atom is -0.398 e. The van der Waals surface area contributed by atoms with Crippen LogP contribution < -0.4 is 11.1 Å². The minimum absolute atomic E-state index is 0.0257. The Morgan fingerprint density at radius 1 is 1.24 bits per heavy atom. The molecule has 110 valence electrons. The Bertz CT molecular complexity index is 682. The second-order valence-electron chi connectivity index (χ2n) is 4.14. The lowest BCUT2D eigenvalue weighted by Crippen LogP contribution is -2.15. The van der Waals surface area contributed by atoms with Gasteiger partial charge in [0.05, 0.1) is 11.4 Å². The molecule has 7 heteroatoms. The number of nitrogens with one attached hydrogen (secondary N) is 1. The Labute approximate surface area is 129 Å². The molecule has 0 radical (unpaired) electrons. The summed E-state index contributed by atoms with van der Waals surface area (Å²) in [7, 11) is 0. The van der Waals surface area contributed by atoms with Gasteiger partial charge in [-0.05, 0) is 36.4 Å². The quantitative estimate of drug-likeness (QED) is 0.660. The predicted octanol–water partition coefficient (Wildman–Crippen LogP) is 3.93. The lowest BCUT2D eigenvalue weighted by molar-refractivity contribution is -0.113. The fraction of sp³-hybridized carbons (Fsp3) is 0.0714. The van der Waals surface area contributed by atoms with Gasteiger partial charge in [0.25, 0.3) is 0 Å². The Kier molecular flexibility index (Phi) is 5.03. The van der Waals surface area contributed by atoms with Crippen molar-refractivity contribution in [2.45, 2.75) is 4.90 Å². The lowest BCUT2D eigenvalue weighted by atomic mass is 10.3. The first kappa shape index (κ1) is 15.6. The summed E-state index contributed by atoms with van der Waals surface area (Å²) in [5.74, 6) is -1.42. The molecule has 0 heterocycles. The summed E-state index contributed by atoms with van der Waals surface area (Å²) in [6.07, 6.45) is 0. The van der Waals surface area contributed by atoms with Crippen molar-refractivity contribution in [1.82, 2.24) is 0 Å². The summed E-state index contributed by atoms with van der Waals surface area (Å²) in [6, 6.07) is 7.90. The molecule has 0 aromatic heterocycles. The summed E-state index contributed by atoms with van der Waals surface area (Å²) in [5, 5.41) is 2.68. The van der Waals surface area contributed by atoms with Crippen LogP contribution in [0.25, 0.3) is 0 Å². The molecule has 2 aromatic rings. The van der Waals surface area contributed by atoms with Gasteiger partial charge in [-0.3, -0.25) is 4.79 Å². The maximum atomic E-state index is 13.5. The number of thioether (sulfide) groups is 1. The number of carbonyl (C=O) groups is 1. The second-order valence-corrected chi connectivity index (χ2v) is 5.60. The maximum Gasteiger partial charge on any atom is 0.234 e. The van der Waals surface area contributed by atoms with E-state index < -0.39 is 17.5 Å². The van der Waals surface area contributed by atoms with Crippen molar-refractivity contribution >= 4 is 40.6 Å². The third-order valence-electron chi connectivity index (χ3n) is 2.54. The molecule has 0 atom stereocenters. The Morgan fingerprint density at radius 2 is 2.00 bits per heavy atom. The van der Waals surface area contributed by atoms with Gasteiger partial charge in [0.2, 0.25) is 5.91 Å². The highest BCUT2D eigenvalue weighted by Crippen LogP contribution is 2.26. The highest BCUT2D eigenvalue weighted by atomic mass is 35.5. The van der Waals surface area contributed by atoms with Gasteiger partial charge in [0.1, 0.15) is 11.6 Å². The molecule has 0 aliphatic heterocycles. The van der Waals surface area contributed by atoms with Crippen LogP contribution >= 0.6 is 23.4 Å². The average molecular weight is 329 g/mol. The highest BCUT2D eigenvalue weighted by molar-refractivity contribution is 8.00. The summed E-state index contributed by atoms with van der Waals surface area (Å²) < 4.78 is 26.4. The molecule has 1 amide bonds. The number of nitrogen functional groups attached to an aromatic ring is 1. The van der Waals surface area contributed by atoms with Crippen LogP contribution in [0.15, 0.2) is 41.3 Å². The zero-order chi connectivity index (χ0) is 15.4. The first-order chi connectivity index (χ1) is 9.95. The molecule has 0 bridgehead atoms. The third-order valence-corrected chi connectivity index (χ3v) is 3.86. The topological polar surface area (TPSA) is 55.1 Å². The van der Waals surface area contributed by atoms with Gasteiger partial charge >= 0.3 is 0 Å². The van der Waals surface area contributed by atoms with Crippen molar-refractivity contribution in [3.05, 3.63) is 53.1 Å². The van der Waals surface area contributed by atoms with Gasteiger partial charge in [0, 0.05) is 15.6 Å². The molecule has 3 nitrogen and oxygen atoms in total. The van der Waals surface area contributed by atoms with Crippen LogP contribution in [0.3, 0.4) is 0 Å². The molecule has 0 fully saturated rings. The molecular weight excluding hydrogens is 318 g/mol. The zero-order valence-corrected chi connectivity index (χ0v) is 12.3. The van der Waals surface area contributed by atoms with Crippen LogP contribution in [0.4, 0.5) is 20.2 Å². The van der Waals surface area contributed by atoms with Gasteiger partial charge in [-0.15, -0.1) is 11.8 Å². The average Bonchev–Trinajstić information content (AvgIpc) is 2.41. The van der Waals surface area contributed by atoms with E-state index in [0.29, 0.717) is 4.90 Å². The van der Waals surface area contributed by atoms with Crippen LogP contribution in [0, 0.1) is 11.6 Å². The molecule has 0 aliphatic carbocycles. The van der Waals surface area contributed by atoms with Crippen molar-refractivity contribution < 1.29 is 13.6 Å². The number of amides is 1. The van der Waals surface area contributed by atoms with Gasteiger partial charge < -0.3 is 11.1 Å². The maximum absolute atomic E-state index is 13.5. The normalized spacial score (nSPS) is 10.4. The number of halogens is 3. The predicted molar refractivity (Wildman–Crippen MR) is 81.6 cm³/mol. The van der Waals surface area contributed by atoms with Crippen LogP contribution in [-0.4, -0.2) is 11.7 Å². The molecule has 0 aliphatic rings. The first-order valence-electron chi connectivity index (χ1n) is 5.88. The Morgan fingerprint density at radius 3 is 2.67 bits per heavy atom. The Hall–Kier alpha value is -1.79. The van der Waals surface area contributed by atoms with Gasteiger partial charge in [0.15, 0.2) is 0 Å². The van der Waals surface area contributed by atoms with Crippen LogP contribution in [-0.2, 0) is 4.79 Å². The lowest BCUT2D eigenvalue weighted by Gasteiger charge is -2.08. The van der Waals surface area contributed by atoms with Crippen LogP contribution in [0.1, 0.15) is 0 Å². The number of nitrogens with two attached hydrogens (primary N) is 1. The SMILES string of the molecule is Nc1cc(F)ccc1SCC(=O)Nc1ccc(Cl)cc1F. The van der Waals surface area contributed by atoms with E-state index in [9.17, 15) is 13.6 Å². The van der Waals surface area contributed by atoms with Crippen LogP contribution in [0.2, 0.25) is 5.02 Å². The van der Waals surface area contributed by atoms with Crippen molar-refractivity contribution in [2.75, 3.05) is 16.8 Å². The standard InChI is InChI=1S/C14H11ClF2N2OS/c15-8-1-3-12(10(17)5-8)19-14(20)7-21-13-4-2-9(16)6-11(13)18/h1-6H,7,18H2,(H,19,20). The molecule has 2 rings (SSSR count). The van der Waals surface area contributed by atoms with Crippen molar-refractivity contribution in [2.24, 2.45) is 0 Å². The number of benzene rings is 2. The van der Waals surface area contributed by atoms with Crippen molar-refractivity contribution in [3.63, 3.8) is 0 Å². The molecular formula is C14H11ClF2N2OS. The largest absolute Gasteiger partial charge is 0.398 e. The fourth-order valence-electron chi connectivity index (χ4n) is 1.57. The van der Waals surface area contributed by atoms with Gasteiger partial charge in [-0.25, -0.2) is 8.78 Å². The number of rotatable bonds is 4. The fourth-order valence-corrected chi connectivity index (χ4v) is 2.48. The minimum atomic E-state index is -0.609. The molecule has 21 heavy (non-hydrogen) atoms.